The van der Waals surface area contributed by atoms with Crippen LogP contribution < -0.4 is 22.1 Å². The molecular formula is C15H22N4O3. The minimum absolute atomic E-state index is 0.278. The van der Waals surface area contributed by atoms with Gasteiger partial charge in [0.05, 0.1) is 0 Å². The molecule has 0 saturated heterocycles. The Kier molecular flexibility index (Phi) is 5.50. The average molecular weight is 306 g/mol. The molecule has 22 heavy (non-hydrogen) atoms. The van der Waals surface area contributed by atoms with Crippen molar-refractivity contribution >= 4 is 23.4 Å². The lowest BCUT2D eigenvalue weighted by Gasteiger charge is -2.26. The van der Waals surface area contributed by atoms with Gasteiger partial charge in [0.2, 0.25) is 17.7 Å². The van der Waals surface area contributed by atoms with Crippen LogP contribution in [0.25, 0.3) is 0 Å². The third-order valence-corrected chi connectivity index (χ3v) is 3.17. The summed E-state index contributed by atoms with van der Waals surface area (Å²) in [5.41, 5.74) is 11.1. The average Bonchev–Trinajstić information content (AvgIpc) is 2.39. The topological polar surface area (TPSA) is 127 Å². The van der Waals surface area contributed by atoms with Crippen molar-refractivity contribution in [3.63, 3.8) is 0 Å². The molecule has 7 nitrogen and oxygen atoms in total. The maximum Gasteiger partial charge on any atom is 0.243 e. The molecule has 0 radical (unpaired) electrons. The molecule has 0 aliphatic rings. The van der Waals surface area contributed by atoms with E-state index in [1.165, 1.54) is 20.8 Å². The van der Waals surface area contributed by atoms with E-state index in [2.05, 4.69) is 10.6 Å². The number of primary amides is 1. The van der Waals surface area contributed by atoms with Gasteiger partial charge in [0.15, 0.2) is 0 Å². The molecule has 0 aliphatic heterocycles. The van der Waals surface area contributed by atoms with Crippen LogP contribution >= 0.6 is 0 Å². The lowest BCUT2D eigenvalue weighted by molar-refractivity contribution is -0.133. The first-order valence-electron chi connectivity index (χ1n) is 6.85. The molecule has 0 spiro atoms. The van der Waals surface area contributed by atoms with Gasteiger partial charge in [-0.15, -0.1) is 0 Å². The van der Waals surface area contributed by atoms with Crippen LogP contribution in [0, 0.1) is 0 Å². The van der Waals surface area contributed by atoms with E-state index in [1.54, 1.807) is 24.3 Å². The van der Waals surface area contributed by atoms with Crippen molar-refractivity contribution in [1.82, 2.24) is 10.6 Å². The largest absolute Gasteiger partial charge is 0.399 e. The molecule has 0 bridgehead atoms. The molecule has 3 amide bonds. The first kappa shape index (κ1) is 17.5. The number of anilines is 1. The van der Waals surface area contributed by atoms with E-state index in [0.29, 0.717) is 5.69 Å². The standard InChI is InChI=1S/C15H22N4O3/c1-9(20)18-12(8-10-4-6-11(16)7-5-10)13(21)19-15(2,3)14(17)22/h4-7,12H,8,16H2,1-3H3,(H2,17,22)(H,18,20)(H,19,21). The van der Waals surface area contributed by atoms with Gasteiger partial charge in [-0.25, -0.2) is 0 Å². The Morgan fingerprint density at radius 3 is 2.18 bits per heavy atom. The third kappa shape index (κ3) is 5.08. The number of nitrogens with one attached hydrogen (secondary N) is 2. The number of benzene rings is 1. The van der Waals surface area contributed by atoms with Crippen molar-refractivity contribution in [1.29, 1.82) is 0 Å². The van der Waals surface area contributed by atoms with Gasteiger partial charge in [0, 0.05) is 19.0 Å². The molecule has 1 atom stereocenters. The molecule has 120 valence electrons. The van der Waals surface area contributed by atoms with Gasteiger partial charge < -0.3 is 22.1 Å². The van der Waals surface area contributed by atoms with Crippen LogP contribution in [0.3, 0.4) is 0 Å². The van der Waals surface area contributed by atoms with Crippen LogP contribution in [0.4, 0.5) is 5.69 Å². The van der Waals surface area contributed by atoms with Crippen molar-refractivity contribution in [3.05, 3.63) is 29.8 Å². The van der Waals surface area contributed by atoms with E-state index in [-0.39, 0.29) is 12.3 Å². The van der Waals surface area contributed by atoms with Gasteiger partial charge in [-0.05, 0) is 31.5 Å². The Morgan fingerprint density at radius 1 is 1.18 bits per heavy atom. The number of hydrogen-bond acceptors (Lipinski definition) is 4. The lowest BCUT2D eigenvalue weighted by atomic mass is 10.0. The van der Waals surface area contributed by atoms with Crippen molar-refractivity contribution < 1.29 is 14.4 Å². The normalized spacial score (nSPS) is 12.3. The summed E-state index contributed by atoms with van der Waals surface area (Å²) >= 11 is 0. The minimum atomic E-state index is -1.20. The molecule has 0 heterocycles. The Labute approximate surface area is 129 Å². The second kappa shape index (κ2) is 6.93. The molecule has 0 aromatic heterocycles. The number of nitrogens with two attached hydrogens (primary N) is 2. The van der Waals surface area contributed by atoms with Crippen LogP contribution in [-0.4, -0.2) is 29.3 Å². The number of carbonyl (C=O) groups is 3. The predicted molar refractivity (Wildman–Crippen MR) is 83.6 cm³/mol. The van der Waals surface area contributed by atoms with E-state index in [0.717, 1.165) is 5.56 Å². The SMILES string of the molecule is CC(=O)NC(Cc1ccc(N)cc1)C(=O)NC(C)(C)C(N)=O. The summed E-state index contributed by atoms with van der Waals surface area (Å²) in [4.78, 5) is 34.9. The van der Waals surface area contributed by atoms with E-state index < -0.39 is 23.4 Å². The monoisotopic (exact) mass is 306 g/mol. The van der Waals surface area contributed by atoms with Crippen molar-refractivity contribution in [3.8, 4) is 0 Å². The smallest absolute Gasteiger partial charge is 0.243 e. The van der Waals surface area contributed by atoms with E-state index >= 15 is 0 Å². The van der Waals surface area contributed by atoms with Crippen LogP contribution in [0.2, 0.25) is 0 Å². The highest BCUT2D eigenvalue weighted by atomic mass is 16.2. The summed E-state index contributed by atoms with van der Waals surface area (Å²) < 4.78 is 0. The Balaban J connectivity index is 2.88. The molecule has 0 saturated carbocycles. The van der Waals surface area contributed by atoms with E-state index in [4.69, 9.17) is 11.5 Å². The second-order valence-corrected chi connectivity index (χ2v) is 5.68. The zero-order valence-corrected chi connectivity index (χ0v) is 13.0. The van der Waals surface area contributed by atoms with Crippen LogP contribution in [-0.2, 0) is 20.8 Å². The van der Waals surface area contributed by atoms with Gasteiger partial charge in [-0.1, -0.05) is 12.1 Å². The van der Waals surface area contributed by atoms with E-state index in [1.807, 2.05) is 0 Å². The number of rotatable bonds is 6. The fourth-order valence-electron chi connectivity index (χ4n) is 1.80. The van der Waals surface area contributed by atoms with Crippen LogP contribution in [0.15, 0.2) is 24.3 Å². The Bertz CT molecular complexity index is 567. The minimum Gasteiger partial charge on any atom is -0.399 e. The maximum atomic E-state index is 12.3. The maximum absolute atomic E-state index is 12.3. The van der Waals surface area contributed by atoms with Crippen molar-refractivity contribution in [2.75, 3.05) is 5.73 Å². The summed E-state index contributed by atoms with van der Waals surface area (Å²) in [5, 5.41) is 5.11. The number of hydrogen-bond donors (Lipinski definition) is 4. The zero-order valence-electron chi connectivity index (χ0n) is 13.0. The molecule has 1 aromatic carbocycles. The van der Waals surface area contributed by atoms with Crippen molar-refractivity contribution in [2.24, 2.45) is 5.73 Å². The number of nitrogen functional groups attached to an aromatic ring is 1. The Hall–Kier alpha value is -2.57. The first-order valence-corrected chi connectivity index (χ1v) is 6.85. The first-order chi connectivity index (χ1) is 10.1. The third-order valence-electron chi connectivity index (χ3n) is 3.17. The second-order valence-electron chi connectivity index (χ2n) is 5.68. The molecule has 0 aliphatic carbocycles. The fraction of sp³-hybridized carbons (Fsp3) is 0.400. The predicted octanol–water partition coefficient (Wildman–Crippen LogP) is -0.304. The summed E-state index contributed by atoms with van der Waals surface area (Å²) in [6.45, 7) is 4.32. The van der Waals surface area contributed by atoms with Gasteiger partial charge in [0.25, 0.3) is 0 Å². The highest BCUT2D eigenvalue weighted by molar-refractivity contribution is 5.93. The highest BCUT2D eigenvalue weighted by Gasteiger charge is 2.30. The van der Waals surface area contributed by atoms with Crippen molar-refractivity contribution in [2.45, 2.75) is 38.8 Å². The zero-order chi connectivity index (χ0) is 16.9. The number of carbonyl (C=O) groups excluding carboxylic acids is 3. The molecule has 0 fully saturated rings. The molecule has 1 unspecified atom stereocenters. The molecule has 1 rings (SSSR count). The van der Waals surface area contributed by atoms with Crippen LogP contribution in [0.1, 0.15) is 26.3 Å². The Morgan fingerprint density at radius 2 is 1.73 bits per heavy atom. The molecule has 7 heteroatoms. The fourth-order valence-corrected chi connectivity index (χ4v) is 1.80. The summed E-state index contributed by atoms with van der Waals surface area (Å²) in [7, 11) is 0. The van der Waals surface area contributed by atoms with Gasteiger partial charge >= 0.3 is 0 Å². The molecule has 6 N–H and O–H groups in total. The molecular weight excluding hydrogens is 284 g/mol. The molecule has 1 aromatic rings. The van der Waals surface area contributed by atoms with Gasteiger partial charge in [-0.3, -0.25) is 14.4 Å². The highest BCUT2D eigenvalue weighted by Crippen LogP contribution is 2.09. The van der Waals surface area contributed by atoms with Gasteiger partial charge in [-0.2, -0.15) is 0 Å². The number of amides is 3. The van der Waals surface area contributed by atoms with Gasteiger partial charge in [0.1, 0.15) is 11.6 Å². The quantitative estimate of drug-likeness (QED) is 0.538. The summed E-state index contributed by atoms with van der Waals surface area (Å²) in [6, 6.07) is 6.17. The van der Waals surface area contributed by atoms with Crippen LogP contribution in [0.5, 0.6) is 0 Å². The van der Waals surface area contributed by atoms with E-state index in [9.17, 15) is 14.4 Å². The lowest BCUT2D eigenvalue weighted by Crippen LogP contribution is -2.58. The summed E-state index contributed by atoms with van der Waals surface area (Å²) in [5.74, 6) is -1.47. The summed E-state index contributed by atoms with van der Waals surface area (Å²) in [6.07, 6.45) is 0.278.